The van der Waals surface area contributed by atoms with E-state index >= 15 is 0 Å². The van der Waals surface area contributed by atoms with E-state index in [1.54, 1.807) is 30.3 Å². The molecule has 0 saturated heterocycles. The van der Waals surface area contributed by atoms with E-state index in [9.17, 15) is 14.0 Å². The van der Waals surface area contributed by atoms with Crippen molar-refractivity contribution in [2.45, 2.75) is 26.7 Å². The maximum atomic E-state index is 13.7. The highest BCUT2D eigenvalue weighted by atomic mass is 19.1. The third-order valence-corrected chi connectivity index (χ3v) is 4.74. The number of carbonyl (C=O) groups is 2. The first-order chi connectivity index (χ1) is 15.8. The number of hydrazone groups is 1. The molecule has 170 valence electrons. The van der Waals surface area contributed by atoms with Crippen LogP contribution in [0.25, 0.3) is 0 Å². The van der Waals surface area contributed by atoms with Gasteiger partial charge in [-0.2, -0.15) is 5.10 Å². The minimum Gasteiger partial charge on any atom is -0.483 e. The van der Waals surface area contributed by atoms with Crippen LogP contribution in [-0.4, -0.2) is 24.7 Å². The van der Waals surface area contributed by atoms with Gasteiger partial charge in [-0.1, -0.05) is 38.1 Å². The van der Waals surface area contributed by atoms with E-state index in [0.717, 1.165) is 11.1 Å². The van der Waals surface area contributed by atoms with Gasteiger partial charge < -0.3 is 9.47 Å². The molecule has 3 rings (SSSR count). The topological polar surface area (TPSA) is 77.0 Å². The predicted octanol–water partition coefficient (Wildman–Crippen LogP) is 5.01. The monoisotopic (exact) mass is 448 g/mol. The largest absolute Gasteiger partial charge is 0.483 e. The maximum Gasteiger partial charge on any atom is 0.346 e. The van der Waals surface area contributed by atoms with E-state index < -0.39 is 17.7 Å². The Balaban J connectivity index is 1.50. The van der Waals surface area contributed by atoms with Crippen molar-refractivity contribution in [3.8, 4) is 11.5 Å². The summed E-state index contributed by atoms with van der Waals surface area (Å²) in [6, 6.07) is 17.9. The molecule has 3 aromatic rings. The summed E-state index contributed by atoms with van der Waals surface area (Å²) in [5, 5.41) is 3.92. The molecule has 0 atom stereocenters. The van der Waals surface area contributed by atoms with Crippen molar-refractivity contribution < 1.29 is 23.5 Å². The normalized spacial score (nSPS) is 10.9. The van der Waals surface area contributed by atoms with Crippen LogP contribution < -0.4 is 14.9 Å². The Morgan fingerprint density at radius 2 is 1.79 bits per heavy atom. The number of nitrogens with one attached hydrogen (secondary N) is 1. The second-order valence-corrected chi connectivity index (χ2v) is 7.72. The Hall–Kier alpha value is -4.00. The van der Waals surface area contributed by atoms with Gasteiger partial charge in [-0.25, -0.2) is 14.6 Å². The Labute approximate surface area is 192 Å². The van der Waals surface area contributed by atoms with Crippen LogP contribution in [0.4, 0.5) is 4.39 Å². The first-order valence-corrected chi connectivity index (χ1v) is 10.5. The van der Waals surface area contributed by atoms with Crippen LogP contribution in [0, 0.1) is 12.7 Å². The molecule has 0 aliphatic heterocycles. The number of hydrogen-bond acceptors (Lipinski definition) is 5. The molecule has 33 heavy (non-hydrogen) atoms. The number of hydrogen-bond donors (Lipinski definition) is 1. The fraction of sp³-hybridized carbons (Fsp3) is 0.192. The lowest BCUT2D eigenvalue weighted by Gasteiger charge is -2.14. The number of halogens is 1. The molecule has 3 aromatic carbocycles. The molecular formula is C26H25FN2O4. The summed E-state index contributed by atoms with van der Waals surface area (Å²) in [4.78, 5) is 24.1. The number of esters is 1. The molecule has 0 heterocycles. The number of amides is 1. The number of rotatable bonds is 8. The third-order valence-electron chi connectivity index (χ3n) is 4.74. The molecule has 0 bridgehead atoms. The number of carbonyl (C=O) groups excluding carboxylic acids is 2. The summed E-state index contributed by atoms with van der Waals surface area (Å²) >= 11 is 0. The summed E-state index contributed by atoms with van der Waals surface area (Å²) < 4.78 is 24.5. The number of aryl methyl sites for hydroxylation is 1. The van der Waals surface area contributed by atoms with Gasteiger partial charge in [0.1, 0.15) is 17.3 Å². The number of ether oxygens (including phenoxy) is 2. The predicted molar refractivity (Wildman–Crippen MR) is 124 cm³/mol. The third kappa shape index (κ3) is 6.74. The van der Waals surface area contributed by atoms with Crippen molar-refractivity contribution in [3.63, 3.8) is 0 Å². The van der Waals surface area contributed by atoms with E-state index in [1.807, 2.05) is 25.1 Å². The minimum absolute atomic E-state index is 0.140. The highest BCUT2D eigenvalue weighted by Crippen LogP contribution is 2.27. The Morgan fingerprint density at radius 1 is 1.06 bits per heavy atom. The van der Waals surface area contributed by atoms with Gasteiger partial charge in [0.15, 0.2) is 6.61 Å². The standard InChI is InChI=1S/C26H25FN2O4/c1-17(2)21-13-8-18(3)14-24(21)32-16-25(30)29-28-15-19-9-11-20(12-10-19)33-26(31)22-6-4-5-7-23(22)27/h4-15,17H,16H2,1-3H3,(H,29,30)/b28-15-. The minimum atomic E-state index is -0.781. The summed E-state index contributed by atoms with van der Waals surface area (Å²) in [5.41, 5.74) is 5.03. The van der Waals surface area contributed by atoms with Crippen molar-refractivity contribution in [2.75, 3.05) is 6.61 Å². The zero-order chi connectivity index (χ0) is 23.8. The highest BCUT2D eigenvalue weighted by molar-refractivity contribution is 5.91. The van der Waals surface area contributed by atoms with Crippen LogP contribution in [0.15, 0.2) is 71.8 Å². The van der Waals surface area contributed by atoms with Gasteiger partial charge in [0, 0.05) is 0 Å². The van der Waals surface area contributed by atoms with Crippen molar-refractivity contribution in [2.24, 2.45) is 5.10 Å². The molecule has 1 N–H and O–H groups in total. The molecule has 0 unspecified atom stereocenters. The molecule has 6 nitrogen and oxygen atoms in total. The molecule has 1 amide bonds. The molecular weight excluding hydrogens is 423 g/mol. The van der Waals surface area contributed by atoms with Crippen LogP contribution in [-0.2, 0) is 4.79 Å². The van der Waals surface area contributed by atoms with Gasteiger partial charge in [-0.3, -0.25) is 4.79 Å². The lowest BCUT2D eigenvalue weighted by Crippen LogP contribution is -2.25. The second-order valence-electron chi connectivity index (χ2n) is 7.72. The lowest BCUT2D eigenvalue weighted by atomic mass is 10.0. The highest BCUT2D eigenvalue weighted by Gasteiger charge is 2.13. The van der Waals surface area contributed by atoms with E-state index in [1.165, 1.54) is 24.4 Å². The molecule has 0 spiro atoms. The van der Waals surface area contributed by atoms with Crippen molar-refractivity contribution in [1.82, 2.24) is 5.43 Å². The average Bonchev–Trinajstić information content (AvgIpc) is 2.79. The number of benzene rings is 3. The van der Waals surface area contributed by atoms with E-state index in [2.05, 4.69) is 24.4 Å². The van der Waals surface area contributed by atoms with E-state index in [4.69, 9.17) is 9.47 Å². The molecule has 7 heteroatoms. The van der Waals surface area contributed by atoms with E-state index in [0.29, 0.717) is 11.3 Å². The van der Waals surface area contributed by atoms with Crippen LogP contribution in [0.3, 0.4) is 0 Å². The van der Waals surface area contributed by atoms with Gasteiger partial charge in [0.25, 0.3) is 5.91 Å². The fourth-order valence-electron chi connectivity index (χ4n) is 3.01. The molecule has 0 saturated carbocycles. The van der Waals surface area contributed by atoms with Gasteiger partial charge in [0.2, 0.25) is 0 Å². The van der Waals surface area contributed by atoms with Gasteiger partial charge in [-0.15, -0.1) is 0 Å². The van der Waals surface area contributed by atoms with Crippen LogP contribution >= 0.6 is 0 Å². The summed E-state index contributed by atoms with van der Waals surface area (Å²) in [7, 11) is 0. The molecule has 0 fully saturated rings. The Morgan fingerprint density at radius 3 is 2.48 bits per heavy atom. The van der Waals surface area contributed by atoms with Gasteiger partial charge >= 0.3 is 5.97 Å². The number of nitrogens with zero attached hydrogens (tertiary/aromatic N) is 1. The molecule has 0 aliphatic carbocycles. The maximum absolute atomic E-state index is 13.7. The van der Waals surface area contributed by atoms with Crippen LogP contribution in [0.5, 0.6) is 11.5 Å². The van der Waals surface area contributed by atoms with Crippen molar-refractivity contribution in [3.05, 3.63) is 94.8 Å². The summed E-state index contributed by atoms with van der Waals surface area (Å²) in [5.74, 6) is -0.597. The van der Waals surface area contributed by atoms with Crippen molar-refractivity contribution >= 4 is 18.1 Å². The summed E-state index contributed by atoms with van der Waals surface area (Å²) in [6.07, 6.45) is 1.45. The first-order valence-electron chi connectivity index (χ1n) is 10.5. The van der Waals surface area contributed by atoms with E-state index in [-0.39, 0.29) is 23.8 Å². The first kappa shape index (κ1) is 23.7. The second kappa shape index (κ2) is 11.0. The summed E-state index contributed by atoms with van der Waals surface area (Å²) in [6.45, 7) is 5.93. The van der Waals surface area contributed by atoms with Crippen LogP contribution in [0.1, 0.15) is 46.8 Å². The fourth-order valence-corrected chi connectivity index (χ4v) is 3.01. The lowest BCUT2D eigenvalue weighted by molar-refractivity contribution is -0.123. The zero-order valence-electron chi connectivity index (χ0n) is 18.7. The molecule has 0 aromatic heterocycles. The van der Waals surface area contributed by atoms with Gasteiger partial charge in [0.05, 0.1) is 11.8 Å². The Bertz CT molecular complexity index is 1160. The SMILES string of the molecule is Cc1ccc(C(C)C)c(OCC(=O)N/N=C\c2ccc(OC(=O)c3ccccc3F)cc2)c1. The molecule has 0 radical (unpaired) electrons. The Kier molecular flexibility index (Phi) is 7.91. The molecule has 0 aliphatic rings. The van der Waals surface area contributed by atoms with Crippen LogP contribution in [0.2, 0.25) is 0 Å². The van der Waals surface area contributed by atoms with Crippen molar-refractivity contribution in [1.29, 1.82) is 0 Å². The average molecular weight is 448 g/mol. The van der Waals surface area contributed by atoms with Gasteiger partial charge in [-0.05, 0) is 72.0 Å². The smallest absolute Gasteiger partial charge is 0.346 e. The zero-order valence-corrected chi connectivity index (χ0v) is 18.7. The quantitative estimate of drug-likeness (QED) is 0.228.